The molecule has 0 fully saturated rings. The predicted molar refractivity (Wildman–Crippen MR) is 142 cm³/mol. The second kappa shape index (κ2) is 9.84. The van der Waals surface area contributed by atoms with E-state index in [2.05, 4.69) is 10.3 Å². The van der Waals surface area contributed by atoms with Crippen LogP contribution in [0.1, 0.15) is 38.9 Å². The summed E-state index contributed by atoms with van der Waals surface area (Å²) >= 11 is 13.0. The van der Waals surface area contributed by atoms with E-state index in [9.17, 15) is 14.4 Å². The van der Waals surface area contributed by atoms with Crippen LogP contribution in [0.15, 0.2) is 66.7 Å². The van der Waals surface area contributed by atoms with Gasteiger partial charge in [-0.1, -0.05) is 53.5 Å². The number of halogens is 2. The van der Waals surface area contributed by atoms with Crippen molar-refractivity contribution in [1.82, 2.24) is 9.88 Å². The van der Waals surface area contributed by atoms with Gasteiger partial charge < -0.3 is 10.1 Å². The van der Waals surface area contributed by atoms with Crippen molar-refractivity contribution in [1.29, 1.82) is 0 Å². The molecule has 3 amide bonds. The Morgan fingerprint density at radius 1 is 0.973 bits per heavy atom. The number of fused-ring (bicyclic) bond motifs is 2. The highest BCUT2D eigenvalue weighted by Crippen LogP contribution is 2.34. The maximum absolute atomic E-state index is 13.1. The van der Waals surface area contributed by atoms with Crippen LogP contribution in [0.3, 0.4) is 0 Å². The fraction of sp³-hybridized carbons (Fsp3) is 0.143. The normalized spacial score (nSPS) is 13.6. The largest absolute Gasteiger partial charge is 0.487 e. The van der Waals surface area contributed by atoms with Gasteiger partial charge in [0.1, 0.15) is 23.9 Å². The summed E-state index contributed by atoms with van der Waals surface area (Å²) in [6.45, 7) is 3.42. The minimum atomic E-state index is -1.07. The Morgan fingerprint density at radius 2 is 1.68 bits per heavy atom. The van der Waals surface area contributed by atoms with E-state index >= 15 is 0 Å². The number of rotatable bonds is 6. The van der Waals surface area contributed by atoms with E-state index in [-0.39, 0.29) is 28.4 Å². The van der Waals surface area contributed by atoms with Crippen molar-refractivity contribution in [3.63, 3.8) is 0 Å². The minimum Gasteiger partial charge on any atom is -0.487 e. The Morgan fingerprint density at radius 3 is 2.38 bits per heavy atom. The van der Waals surface area contributed by atoms with Gasteiger partial charge in [-0.3, -0.25) is 19.3 Å². The Balaban J connectivity index is 1.35. The molecule has 0 bridgehead atoms. The number of amides is 3. The highest BCUT2D eigenvalue weighted by atomic mass is 35.5. The number of aryl methyl sites for hydroxylation is 1. The summed E-state index contributed by atoms with van der Waals surface area (Å²) < 4.78 is 6.03. The number of pyridine rings is 1. The molecule has 5 rings (SSSR count). The summed E-state index contributed by atoms with van der Waals surface area (Å²) in [7, 11) is 0. The number of benzene rings is 3. The number of nitrogens with one attached hydrogen (secondary N) is 1. The molecule has 1 aliphatic rings. The van der Waals surface area contributed by atoms with Crippen molar-refractivity contribution in [3.8, 4) is 5.75 Å². The Hall–Kier alpha value is -3.94. The molecule has 1 aromatic heterocycles. The summed E-state index contributed by atoms with van der Waals surface area (Å²) in [5, 5.41) is 4.20. The SMILES string of the molecule is Cc1ccc2cccc(OCc3c(Cl)ccc(NC(=O)C(C)N4C(=O)c5ccccc5C4=O)c3Cl)c2n1. The van der Waals surface area contributed by atoms with Gasteiger partial charge in [-0.25, -0.2) is 4.98 Å². The lowest BCUT2D eigenvalue weighted by Gasteiger charge is -2.22. The standard InChI is InChI=1S/C28H21Cl2N3O4/c1-15-10-11-17-6-5-9-23(25(17)31-15)37-14-20-21(29)12-13-22(24(20)30)32-26(34)16(2)33-27(35)18-7-3-4-8-19(18)28(33)36/h3-13,16H,14H2,1-2H3,(H,32,34). The number of carbonyl (C=O) groups is 3. The average Bonchev–Trinajstić information content (AvgIpc) is 3.15. The zero-order valence-corrected chi connectivity index (χ0v) is 21.4. The van der Waals surface area contributed by atoms with Crippen LogP contribution in [-0.2, 0) is 11.4 Å². The number of para-hydroxylation sites is 1. The van der Waals surface area contributed by atoms with Crippen molar-refractivity contribution >= 4 is 57.5 Å². The topological polar surface area (TPSA) is 88.6 Å². The number of hydrogen-bond acceptors (Lipinski definition) is 5. The highest BCUT2D eigenvalue weighted by molar-refractivity contribution is 6.38. The van der Waals surface area contributed by atoms with E-state index in [1.54, 1.807) is 36.4 Å². The smallest absolute Gasteiger partial charge is 0.262 e. The Kier molecular flexibility index (Phi) is 6.58. The van der Waals surface area contributed by atoms with Crippen LogP contribution in [0.25, 0.3) is 10.9 Å². The Bertz CT molecular complexity index is 1550. The third-order valence-electron chi connectivity index (χ3n) is 6.23. The maximum Gasteiger partial charge on any atom is 0.262 e. The minimum absolute atomic E-state index is 0.0318. The summed E-state index contributed by atoms with van der Waals surface area (Å²) in [5.41, 5.74) is 2.87. The number of aromatic nitrogens is 1. The lowest BCUT2D eigenvalue weighted by atomic mass is 10.1. The number of imide groups is 1. The molecule has 2 heterocycles. The van der Waals surface area contributed by atoms with E-state index < -0.39 is 23.8 Å². The molecule has 0 aliphatic carbocycles. The van der Waals surface area contributed by atoms with E-state index in [1.165, 1.54) is 6.92 Å². The number of carbonyl (C=O) groups excluding carboxylic acids is 3. The molecule has 1 N–H and O–H groups in total. The quantitative estimate of drug-likeness (QED) is 0.304. The summed E-state index contributed by atoms with van der Waals surface area (Å²) in [4.78, 5) is 44.1. The van der Waals surface area contributed by atoms with Gasteiger partial charge in [-0.05, 0) is 50.2 Å². The van der Waals surface area contributed by atoms with Gasteiger partial charge >= 0.3 is 0 Å². The first-order valence-electron chi connectivity index (χ1n) is 11.5. The van der Waals surface area contributed by atoms with Crippen molar-refractivity contribution < 1.29 is 19.1 Å². The van der Waals surface area contributed by atoms with Crippen LogP contribution >= 0.6 is 23.2 Å². The fourth-order valence-corrected chi connectivity index (χ4v) is 4.75. The molecule has 0 radical (unpaired) electrons. The van der Waals surface area contributed by atoms with Crippen molar-refractivity contribution in [3.05, 3.63) is 99.2 Å². The van der Waals surface area contributed by atoms with Gasteiger partial charge in [0.15, 0.2) is 0 Å². The molecule has 0 saturated carbocycles. The van der Waals surface area contributed by atoms with Crippen LogP contribution < -0.4 is 10.1 Å². The second-order valence-corrected chi connectivity index (χ2v) is 9.43. The van der Waals surface area contributed by atoms with Crippen LogP contribution in [0, 0.1) is 6.92 Å². The molecule has 186 valence electrons. The molecule has 9 heteroatoms. The van der Waals surface area contributed by atoms with Gasteiger partial charge in [-0.2, -0.15) is 0 Å². The van der Waals surface area contributed by atoms with E-state index in [0.29, 0.717) is 21.9 Å². The van der Waals surface area contributed by atoms with E-state index in [1.807, 2.05) is 37.3 Å². The van der Waals surface area contributed by atoms with Crippen LogP contribution in [0.2, 0.25) is 10.0 Å². The molecule has 1 atom stereocenters. The first kappa shape index (κ1) is 24.7. The van der Waals surface area contributed by atoms with Gasteiger partial charge in [0.25, 0.3) is 11.8 Å². The van der Waals surface area contributed by atoms with Crippen LogP contribution in [0.4, 0.5) is 5.69 Å². The maximum atomic E-state index is 13.1. The molecule has 37 heavy (non-hydrogen) atoms. The molecule has 1 unspecified atom stereocenters. The van der Waals surface area contributed by atoms with E-state index in [0.717, 1.165) is 16.0 Å². The molecule has 0 saturated heterocycles. The zero-order valence-electron chi connectivity index (χ0n) is 19.9. The van der Waals surface area contributed by atoms with Gasteiger partial charge in [-0.15, -0.1) is 0 Å². The molecule has 4 aromatic rings. The number of ether oxygens (including phenoxy) is 1. The van der Waals surface area contributed by atoms with Gasteiger partial charge in [0.2, 0.25) is 5.91 Å². The predicted octanol–water partition coefficient (Wildman–Crippen LogP) is 6.05. The number of hydrogen-bond donors (Lipinski definition) is 1. The Labute approximate surface area is 223 Å². The summed E-state index contributed by atoms with van der Waals surface area (Å²) in [6, 6.07) is 18.1. The summed E-state index contributed by atoms with van der Waals surface area (Å²) in [5.74, 6) is -1.03. The van der Waals surface area contributed by atoms with Crippen molar-refractivity contribution in [2.75, 3.05) is 5.32 Å². The lowest BCUT2D eigenvalue weighted by molar-refractivity contribution is -0.119. The zero-order chi connectivity index (χ0) is 26.3. The summed E-state index contributed by atoms with van der Waals surface area (Å²) in [6.07, 6.45) is 0. The third-order valence-corrected chi connectivity index (χ3v) is 7.02. The molecular formula is C28H21Cl2N3O4. The molecule has 1 aliphatic heterocycles. The number of anilines is 1. The number of nitrogens with zero attached hydrogens (tertiary/aromatic N) is 2. The second-order valence-electron chi connectivity index (χ2n) is 8.65. The molecular weight excluding hydrogens is 513 g/mol. The third kappa shape index (κ3) is 4.52. The monoisotopic (exact) mass is 533 g/mol. The van der Waals surface area contributed by atoms with Crippen LogP contribution in [0.5, 0.6) is 5.75 Å². The van der Waals surface area contributed by atoms with Crippen LogP contribution in [-0.4, -0.2) is 33.6 Å². The molecule has 3 aromatic carbocycles. The molecule has 0 spiro atoms. The highest BCUT2D eigenvalue weighted by Gasteiger charge is 2.40. The van der Waals surface area contributed by atoms with Gasteiger partial charge in [0.05, 0.1) is 21.8 Å². The first-order chi connectivity index (χ1) is 17.8. The molecule has 7 nitrogen and oxygen atoms in total. The van der Waals surface area contributed by atoms with Crippen molar-refractivity contribution in [2.45, 2.75) is 26.5 Å². The van der Waals surface area contributed by atoms with Crippen molar-refractivity contribution in [2.24, 2.45) is 0 Å². The van der Waals surface area contributed by atoms with E-state index in [4.69, 9.17) is 27.9 Å². The van der Waals surface area contributed by atoms with Gasteiger partial charge in [0, 0.05) is 21.7 Å². The first-order valence-corrected chi connectivity index (χ1v) is 12.3. The lowest BCUT2D eigenvalue weighted by Crippen LogP contribution is -2.45. The average molecular weight is 534 g/mol. The fourth-order valence-electron chi connectivity index (χ4n) is 4.22.